The Labute approximate surface area is 140 Å². The van der Waals surface area contributed by atoms with E-state index in [1.807, 2.05) is 32.9 Å². The summed E-state index contributed by atoms with van der Waals surface area (Å²) < 4.78 is 12.1. The molecule has 0 N–H and O–H groups in total. The lowest BCUT2D eigenvalue weighted by Gasteiger charge is -2.33. The third-order valence-corrected chi connectivity index (χ3v) is 3.92. The van der Waals surface area contributed by atoms with Crippen LogP contribution in [0.1, 0.15) is 33.6 Å². The molecule has 0 radical (unpaired) electrons. The molecule has 122 valence electrons. The summed E-state index contributed by atoms with van der Waals surface area (Å²) in [4.78, 5) is 17.9. The van der Waals surface area contributed by atoms with Crippen LogP contribution in [0.15, 0.2) is 22.8 Å². The molecule has 0 atom stereocenters. The van der Waals surface area contributed by atoms with Gasteiger partial charge in [0.2, 0.25) is 5.88 Å². The van der Waals surface area contributed by atoms with Crippen molar-refractivity contribution in [3.63, 3.8) is 0 Å². The van der Waals surface area contributed by atoms with Crippen molar-refractivity contribution in [2.24, 2.45) is 5.92 Å². The Morgan fingerprint density at radius 3 is 2.68 bits per heavy atom. The number of hydrogen-bond acceptors (Lipinski definition) is 4. The fraction of sp³-hybridized carbons (Fsp3) is 0.625. The second-order valence-corrected chi connectivity index (χ2v) is 7.45. The summed E-state index contributed by atoms with van der Waals surface area (Å²) in [6.45, 7) is 7.72. The minimum atomic E-state index is -0.441. The number of ether oxygens (including phenoxy) is 2. The quantitative estimate of drug-likeness (QED) is 0.810. The molecule has 1 aliphatic rings. The van der Waals surface area contributed by atoms with E-state index in [9.17, 15) is 4.79 Å². The molecule has 0 saturated carbocycles. The van der Waals surface area contributed by atoms with Crippen molar-refractivity contribution in [3.8, 4) is 5.88 Å². The number of hydrogen-bond donors (Lipinski definition) is 0. The number of halogens is 1. The number of aromatic nitrogens is 1. The monoisotopic (exact) mass is 370 g/mol. The fourth-order valence-corrected chi connectivity index (χ4v) is 2.59. The Morgan fingerprint density at radius 1 is 1.41 bits per heavy atom. The number of piperidine rings is 1. The number of likely N-dealkylation sites (tertiary alicyclic amines) is 1. The summed E-state index contributed by atoms with van der Waals surface area (Å²) in [6, 6.07) is 3.72. The van der Waals surface area contributed by atoms with E-state index in [0.717, 1.165) is 30.4 Å². The molecule has 1 aromatic rings. The summed E-state index contributed by atoms with van der Waals surface area (Å²) in [6.07, 6.45) is 3.34. The number of amides is 1. The molecular formula is C16H23BrN2O3. The molecule has 0 aromatic carbocycles. The fourth-order valence-electron chi connectivity index (χ4n) is 2.28. The average molecular weight is 371 g/mol. The minimum absolute atomic E-state index is 0.222. The van der Waals surface area contributed by atoms with Crippen molar-refractivity contribution < 1.29 is 14.3 Å². The van der Waals surface area contributed by atoms with Crippen LogP contribution in [0.5, 0.6) is 5.88 Å². The number of carbonyl (C=O) groups is 1. The van der Waals surface area contributed by atoms with Crippen LogP contribution >= 0.6 is 15.9 Å². The first-order valence-electron chi connectivity index (χ1n) is 7.56. The van der Waals surface area contributed by atoms with E-state index in [1.54, 1.807) is 11.1 Å². The largest absolute Gasteiger partial charge is 0.477 e. The van der Waals surface area contributed by atoms with Gasteiger partial charge in [0.15, 0.2) is 0 Å². The highest BCUT2D eigenvalue weighted by atomic mass is 79.9. The molecule has 2 heterocycles. The van der Waals surface area contributed by atoms with E-state index >= 15 is 0 Å². The smallest absolute Gasteiger partial charge is 0.410 e. The van der Waals surface area contributed by atoms with Gasteiger partial charge < -0.3 is 14.4 Å². The summed E-state index contributed by atoms with van der Waals surface area (Å²) >= 11 is 3.40. The van der Waals surface area contributed by atoms with Gasteiger partial charge in [-0.25, -0.2) is 9.78 Å². The predicted octanol–water partition coefficient (Wildman–Crippen LogP) is 3.87. The lowest BCUT2D eigenvalue weighted by atomic mass is 9.98. The van der Waals surface area contributed by atoms with Crippen molar-refractivity contribution in [1.29, 1.82) is 0 Å². The maximum Gasteiger partial charge on any atom is 0.410 e. The standard InChI is InChI=1S/C16H23BrN2O3/c1-16(2,3)22-15(20)19-8-5-12(6-9-19)11-21-14-10-13(17)4-7-18-14/h4,7,10,12H,5-6,8-9,11H2,1-3H3. The van der Waals surface area contributed by atoms with Crippen LogP contribution in [0, 0.1) is 5.92 Å². The van der Waals surface area contributed by atoms with Gasteiger partial charge >= 0.3 is 6.09 Å². The zero-order chi connectivity index (χ0) is 16.2. The van der Waals surface area contributed by atoms with Crippen molar-refractivity contribution in [2.45, 2.75) is 39.2 Å². The zero-order valence-electron chi connectivity index (χ0n) is 13.3. The highest BCUT2D eigenvalue weighted by molar-refractivity contribution is 9.10. The molecule has 1 fully saturated rings. The van der Waals surface area contributed by atoms with Gasteiger partial charge in [-0.15, -0.1) is 0 Å². The predicted molar refractivity (Wildman–Crippen MR) is 88.0 cm³/mol. The second kappa shape index (κ2) is 7.31. The number of rotatable bonds is 3. The van der Waals surface area contributed by atoms with Crippen LogP contribution in [0.3, 0.4) is 0 Å². The molecule has 6 heteroatoms. The van der Waals surface area contributed by atoms with Crippen molar-refractivity contribution in [3.05, 3.63) is 22.8 Å². The van der Waals surface area contributed by atoms with Gasteiger partial charge in [-0.3, -0.25) is 0 Å². The van der Waals surface area contributed by atoms with Gasteiger partial charge in [-0.1, -0.05) is 15.9 Å². The molecule has 5 nitrogen and oxygen atoms in total. The van der Waals surface area contributed by atoms with E-state index < -0.39 is 5.60 Å². The molecule has 0 spiro atoms. The van der Waals surface area contributed by atoms with Crippen LogP contribution in [0.4, 0.5) is 4.79 Å². The Bertz CT molecular complexity index is 508. The molecule has 1 aromatic heterocycles. The molecule has 2 rings (SSSR count). The average Bonchev–Trinajstić information content (AvgIpc) is 2.44. The molecule has 0 aliphatic carbocycles. The molecule has 1 saturated heterocycles. The van der Waals surface area contributed by atoms with Crippen molar-refractivity contribution in [1.82, 2.24) is 9.88 Å². The van der Waals surface area contributed by atoms with Crippen LogP contribution in [0.25, 0.3) is 0 Å². The Balaban J connectivity index is 1.74. The first-order chi connectivity index (χ1) is 10.3. The third-order valence-electron chi connectivity index (χ3n) is 3.43. The zero-order valence-corrected chi connectivity index (χ0v) is 14.9. The van der Waals surface area contributed by atoms with Gasteiger partial charge in [0, 0.05) is 29.8 Å². The Hall–Kier alpha value is -1.30. The minimum Gasteiger partial charge on any atom is -0.477 e. The highest BCUT2D eigenvalue weighted by Gasteiger charge is 2.27. The number of nitrogens with zero attached hydrogens (tertiary/aromatic N) is 2. The molecule has 0 unspecified atom stereocenters. The van der Waals surface area contributed by atoms with Crippen LogP contribution in [-0.2, 0) is 4.74 Å². The second-order valence-electron chi connectivity index (χ2n) is 6.53. The first kappa shape index (κ1) is 17.1. The third kappa shape index (κ3) is 5.48. The van der Waals surface area contributed by atoms with Crippen LogP contribution in [-0.4, -0.2) is 41.3 Å². The maximum absolute atomic E-state index is 12.0. The molecule has 22 heavy (non-hydrogen) atoms. The molecule has 1 amide bonds. The molecule has 0 bridgehead atoms. The van der Waals surface area contributed by atoms with E-state index in [2.05, 4.69) is 20.9 Å². The summed E-state index contributed by atoms with van der Waals surface area (Å²) in [5.74, 6) is 1.07. The van der Waals surface area contributed by atoms with E-state index in [4.69, 9.17) is 9.47 Å². The highest BCUT2D eigenvalue weighted by Crippen LogP contribution is 2.21. The van der Waals surface area contributed by atoms with Gasteiger partial charge in [0.05, 0.1) is 6.61 Å². The number of pyridine rings is 1. The summed E-state index contributed by atoms with van der Waals surface area (Å²) in [5, 5.41) is 0. The van der Waals surface area contributed by atoms with Gasteiger partial charge in [0.25, 0.3) is 0 Å². The first-order valence-corrected chi connectivity index (χ1v) is 8.35. The lowest BCUT2D eigenvalue weighted by molar-refractivity contribution is 0.0164. The van der Waals surface area contributed by atoms with Crippen molar-refractivity contribution >= 4 is 22.0 Å². The van der Waals surface area contributed by atoms with Crippen molar-refractivity contribution in [2.75, 3.05) is 19.7 Å². The maximum atomic E-state index is 12.0. The van der Waals surface area contributed by atoms with E-state index in [1.165, 1.54) is 0 Å². The van der Waals surface area contributed by atoms with Gasteiger partial charge in [0.1, 0.15) is 5.60 Å². The summed E-state index contributed by atoms with van der Waals surface area (Å²) in [7, 11) is 0. The van der Waals surface area contributed by atoms with E-state index in [-0.39, 0.29) is 6.09 Å². The van der Waals surface area contributed by atoms with Gasteiger partial charge in [-0.05, 0) is 45.6 Å². The molecule has 1 aliphatic heterocycles. The van der Waals surface area contributed by atoms with Crippen LogP contribution < -0.4 is 4.74 Å². The van der Waals surface area contributed by atoms with Crippen LogP contribution in [0.2, 0.25) is 0 Å². The van der Waals surface area contributed by atoms with Gasteiger partial charge in [-0.2, -0.15) is 0 Å². The molecular weight excluding hydrogens is 348 g/mol. The topological polar surface area (TPSA) is 51.7 Å². The van der Waals surface area contributed by atoms with E-state index in [0.29, 0.717) is 18.4 Å². The summed E-state index contributed by atoms with van der Waals surface area (Å²) in [5.41, 5.74) is -0.441. The number of carbonyl (C=O) groups excluding carboxylic acids is 1. The SMILES string of the molecule is CC(C)(C)OC(=O)N1CCC(COc2cc(Br)ccn2)CC1. The lowest BCUT2D eigenvalue weighted by Crippen LogP contribution is -2.42. The normalized spacial score (nSPS) is 16.5. The Kier molecular flexibility index (Phi) is 5.67. The Morgan fingerprint density at radius 2 is 2.09 bits per heavy atom.